The van der Waals surface area contributed by atoms with Crippen molar-refractivity contribution in [2.45, 2.75) is 33.2 Å². The molecule has 1 saturated heterocycles. The lowest BCUT2D eigenvalue weighted by Gasteiger charge is -2.30. The topological polar surface area (TPSA) is 15.3 Å². The van der Waals surface area contributed by atoms with Crippen LogP contribution < -0.4 is 5.32 Å². The van der Waals surface area contributed by atoms with Crippen LogP contribution in [-0.2, 0) is 6.54 Å². The number of piperidine rings is 1. The van der Waals surface area contributed by atoms with Crippen molar-refractivity contribution in [3.05, 3.63) is 29.8 Å². The van der Waals surface area contributed by atoms with Crippen molar-refractivity contribution < 1.29 is 0 Å². The van der Waals surface area contributed by atoms with Crippen LogP contribution in [0.2, 0.25) is 0 Å². The van der Waals surface area contributed by atoms with Crippen LogP contribution in [0.3, 0.4) is 0 Å². The summed E-state index contributed by atoms with van der Waals surface area (Å²) in [6.07, 6.45) is 2.76. The second kappa shape index (κ2) is 6.06. The highest BCUT2D eigenvalue weighted by Crippen LogP contribution is 2.18. The van der Waals surface area contributed by atoms with Crippen LogP contribution in [0.5, 0.6) is 0 Å². The monoisotopic (exact) mass is 232 g/mol. The highest BCUT2D eigenvalue weighted by atomic mass is 15.1. The summed E-state index contributed by atoms with van der Waals surface area (Å²) >= 11 is 0. The summed E-state index contributed by atoms with van der Waals surface area (Å²) in [5, 5.41) is 3.33. The van der Waals surface area contributed by atoms with Crippen LogP contribution in [0, 0.1) is 5.92 Å². The first-order chi connectivity index (χ1) is 8.28. The molecular formula is C15H24N2. The second-order valence-electron chi connectivity index (χ2n) is 5.21. The molecule has 2 heteroatoms. The highest BCUT2D eigenvalue weighted by molar-refractivity contribution is 5.44. The van der Waals surface area contributed by atoms with Gasteiger partial charge in [-0.1, -0.05) is 19.1 Å². The lowest BCUT2D eigenvalue weighted by atomic mass is 10.00. The quantitative estimate of drug-likeness (QED) is 0.856. The molecule has 1 aromatic rings. The van der Waals surface area contributed by atoms with Crippen molar-refractivity contribution in [2.24, 2.45) is 5.92 Å². The Morgan fingerprint density at radius 3 is 2.71 bits per heavy atom. The molecular weight excluding hydrogens is 208 g/mol. The molecule has 1 atom stereocenters. The number of benzene rings is 1. The molecule has 0 spiro atoms. The Balaban J connectivity index is 1.89. The molecule has 1 aliphatic rings. The van der Waals surface area contributed by atoms with Gasteiger partial charge in [-0.3, -0.25) is 4.90 Å². The Bertz CT molecular complexity index is 331. The van der Waals surface area contributed by atoms with E-state index >= 15 is 0 Å². The number of anilines is 1. The summed E-state index contributed by atoms with van der Waals surface area (Å²) in [5.41, 5.74) is 2.66. The minimum absolute atomic E-state index is 0.866. The third kappa shape index (κ3) is 3.74. The Kier molecular flexibility index (Phi) is 4.43. The molecule has 0 aromatic heterocycles. The summed E-state index contributed by atoms with van der Waals surface area (Å²) < 4.78 is 0. The van der Waals surface area contributed by atoms with Gasteiger partial charge in [0, 0.05) is 25.3 Å². The molecule has 1 unspecified atom stereocenters. The molecule has 1 aliphatic heterocycles. The van der Waals surface area contributed by atoms with Crippen molar-refractivity contribution in [1.29, 1.82) is 0 Å². The van der Waals surface area contributed by atoms with Gasteiger partial charge in [0.25, 0.3) is 0 Å². The van der Waals surface area contributed by atoms with Crippen molar-refractivity contribution in [2.75, 3.05) is 25.0 Å². The van der Waals surface area contributed by atoms with Gasteiger partial charge in [-0.05, 0) is 49.9 Å². The van der Waals surface area contributed by atoms with Crippen molar-refractivity contribution in [3.63, 3.8) is 0 Å². The first-order valence-corrected chi connectivity index (χ1v) is 6.83. The standard InChI is InChI=1S/C15H24N2/c1-3-16-15-8-6-14(7-9-15)12-17-10-4-5-13(2)11-17/h6-9,13,16H,3-5,10-12H2,1-2H3. The van der Waals surface area contributed by atoms with Crippen LogP contribution in [0.25, 0.3) is 0 Å². The molecule has 1 N–H and O–H groups in total. The fourth-order valence-electron chi connectivity index (χ4n) is 2.62. The predicted octanol–water partition coefficient (Wildman–Crippen LogP) is 3.35. The van der Waals surface area contributed by atoms with Gasteiger partial charge in [0.2, 0.25) is 0 Å². The van der Waals surface area contributed by atoms with E-state index in [0.29, 0.717) is 0 Å². The van der Waals surface area contributed by atoms with E-state index < -0.39 is 0 Å². The van der Waals surface area contributed by atoms with E-state index in [0.717, 1.165) is 19.0 Å². The van der Waals surface area contributed by atoms with Gasteiger partial charge >= 0.3 is 0 Å². The first kappa shape index (κ1) is 12.4. The summed E-state index contributed by atoms with van der Waals surface area (Å²) in [7, 11) is 0. The number of hydrogen-bond acceptors (Lipinski definition) is 2. The highest BCUT2D eigenvalue weighted by Gasteiger charge is 2.15. The van der Waals surface area contributed by atoms with Crippen LogP contribution in [0.4, 0.5) is 5.69 Å². The molecule has 0 amide bonds. The van der Waals surface area contributed by atoms with Gasteiger partial charge in [-0.2, -0.15) is 0 Å². The zero-order valence-electron chi connectivity index (χ0n) is 11.1. The van der Waals surface area contributed by atoms with Gasteiger partial charge in [-0.25, -0.2) is 0 Å². The van der Waals surface area contributed by atoms with Crippen LogP contribution in [0.15, 0.2) is 24.3 Å². The SMILES string of the molecule is CCNc1ccc(CN2CCCC(C)C2)cc1. The lowest BCUT2D eigenvalue weighted by Crippen LogP contribution is -2.33. The molecule has 2 nitrogen and oxygen atoms in total. The molecule has 0 bridgehead atoms. The van der Waals surface area contributed by atoms with E-state index in [1.54, 1.807) is 0 Å². The minimum atomic E-state index is 0.866. The Morgan fingerprint density at radius 2 is 2.06 bits per heavy atom. The Morgan fingerprint density at radius 1 is 1.29 bits per heavy atom. The summed E-state index contributed by atoms with van der Waals surface area (Å²) in [5.74, 6) is 0.866. The fraction of sp³-hybridized carbons (Fsp3) is 0.600. The fourth-order valence-corrected chi connectivity index (χ4v) is 2.62. The third-order valence-corrected chi connectivity index (χ3v) is 3.48. The molecule has 94 valence electrons. The molecule has 17 heavy (non-hydrogen) atoms. The maximum atomic E-state index is 3.33. The molecule has 0 radical (unpaired) electrons. The lowest BCUT2D eigenvalue weighted by molar-refractivity contribution is 0.176. The van der Waals surface area contributed by atoms with E-state index in [4.69, 9.17) is 0 Å². The summed E-state index contributed by atoms with van der Waals surface area (Å²) in [6, 6.07) is 8.87. The van der Waals surface area contributed by atoms with Gasteiger partial charge in [0.1, 0.15) is 0 Å². The number of likely N-dealkylation sites (tertiary alicyclic amines) is 1. The van der Waals surface area contributed by atoms with Crippen LogP contribution in [-0.4, -0.2) is 24.5 Å². The molecule has 0 saturated carbocycles. The van der Waals surface area contributed by atoms with Gasteiger partial charge < -0.3 is 5.32 Å². The summed E-state index contributed by atoms with van der Waals surface area (Å²) in [6.45, 7) is 9.11. The van der Waals surface area contributed by atoms with Gasteiger partial charge in [-0.15, -0.1) is 0 Å². The zero-order valence-corrected chi connectivity index (χ0v) is 11.1. The molecule has 0 aliphatic carbocycles. The molecule has 1 heterocycles. The predicted molar refractivity (Wildman–Crippen MR) is 74.3 cm³/mol. The van der Waals surface area contributed by atoms with Crippen molar-refractivity contribution in [3.8, 4) is 0 Å². The maximum absolute atomic E-state index is 3.33. The Labute approximate surface area is 105 Å². The normalized spacial score (nSPS) is 21.4. The first-order valence-electron chi connectivity index (χ1n) is 6.83. The Hall–Kier alpha value is -1.02. The summed E-state index contributed by atoms with van der Waals surface area (Å²) in [4.78, 5) is 2.58. The second-order valence-corrected chi connectivity index (χ2v) is 5.21. The van der Waals surface area contributed by atoms with E-state index in [1.165, 1.54) is 37.2 Å². The van der Waals surface area contributed by atoms with Crippen molar-refractivity contribution in [1.82, 2.24) is 4.90 Å². The zero-order chi connectivity index (χ0) is 12.1. The van der Waals surface area contributed by atoms with E-state index in [2.05, 4.69) is 48.3 Å². The average Bonchev–Trinajstić information content (AvgIpc) is 2.32. The van der Waals surface area contributed by atoms with E-state index in [9.17, 15) is 0 Å². The van der Waals surface area contributed by atoms with Crippen LogP contribution >= 0.6 is 0 Å². The number of hydrogen-bond donors (Lipinski definition) is 1. The van der Waals surface area contributed by atoms with E-state index in [1.807, 2.05) is 0 Å². The van der Waals surface area contributed by atoms with Crippen LogP contribution in [0.1, 0.15) is 32.3 Å². The van der Waals surface area contributed by atoms with E-state index in [-0.39, 0.29) is 0 Å². The molecule has 2 rings (SSSR count). The minimum Gasteiger partial charge on any atom is -0.385 e. The number of nitrogens with zero attached hydrogens (tertiary/aromatic N) is 1. The number of nitrogens with one attached hydrogen (secondary N) is 1. The van der Waals surface area contributed by atoms with Crippen molar-refractivity contribution >= 4 is 5.69 Å². The third-order valence-electron chi connectivity index (χ3n) is 3.48. The smallest absolute Gasteiger partial charge is 0.0340 e. The maximum Gasteiger partial charge on any atom is 0.0340 e. The largest absolute Gasteiger partial charge is 0.385 e. The van der Waals surface area contributed by atoms with Gasteiger partial charge in [0.05, 0.1) is 0 Å². The molecule has 1 aromatic carbocycles. The number of rotatable bonds is 4. The average molecular weight is 232 g/mol. The molecule has 1 fully saturated rings. The van der Waals surface area contributed by atoms with Gasteiger partial charge in [0.15, 0.2) is 0 Å².